The molecule has 0 heterocycles. The normalized spacial score (nSPS) is 6.75. The van der Waals surface area contributed by atoms with E-state index in [4.69, 9.17) is 0 Å². The molecule has 0 bridgehead atoms. The summed E-state index contributed by atoms with van der Waals surface area (Å²) in [5.74, 6) is 0. The standard InChI is InChI=1S/2Mo.2Ni.2H2P.S2/c;;;;;;1-2/h;;;;2*1H2;/q2*+2;;;2*-1;-2. The summed E-state index contributed by atoms with van der Waals surface area (Å²) >= 11 is 0.559. The summed E-state index contributed by atoms with van der Waals surface area (Å²) in [4.78, 5) is 0. The second-order valence-electron chi connectivity index (χ2n) is 0.329. The van der Waals surface area contributed by atoms with Gasteiger partial charge in [0.15, 0.2) is 0 Å². The van der Waals surface area contributed by atoms with E-state index < -0.39 is 0 Å². The summed E-state index contributed by atoms with van der Waals surface area (Å²) in [6.45, 7) is 0. The van der Waals surface area contributed by atoms with Crippen molar-refractivity contribution in [2.24, 2.45) is 0 Å². The van der Waals surface area contributed by atoms with Crippen LogP contribution in [-0.2, 0) is 66.5 Å². The monoisotopic (exact) mass is 442 g/mol. The van der Waals surface area contributed by atoms with Gasteiger partial charge < -0.3 is 0 Å². The Hall–Kier alpha value is 3.92. The van der Waals surface area contributed by atoms with E-state index in [1.54, 1.807) is 0 Å². The van der Waals surface area contributed by atoms with Crippen molar-refractivity contribution in [3.63, 3.8) is 0 Å². The summed E-state index contributed by atoms with van der Waals surface area (Å²) in [5.41, 5.74) is 0. The zero-order valence-electron chi connectivity index (χ0n) is 3.42. The van der Waals surface area contributed by atoms with E-state index in [0.29, 0.717) is 0 Å². The molecular weight excluding hydrogens is 435 g/mol. The first kappa shape index (κ1) is 17.9. The zero-order valence-corrected chi connectivity index (χ0v) is 13.4. The molecule has 0 N–H and O–H groups in total. The van der Waals surface area contributed by atoms with Gasteiger partial charge in [-0.15, -0.1) is 0 Å². The van der Waals surface area contributed by atoms with Gasteiger partial charge in [-0.1, -0.05) is 0 Å². The molecule has 0 aromatic heterocycles. The van der Waals surface area contributed by atoms with Crippen LogP contribution in [0.15, 0.2) is 0 Å². The van der Waals surface area contributed by atoms with Crippen molar-refractivity contribution >= 4 is 31.7 Å². The van der Waals surface area contributed by atoms with E-state index in [-0.39, 0.29) is 66.5 Å². The quantitative estimate of drug-likeness (QED) is 0.286. The molecule has 0 saturated heterocycles. The van der Waals surface area contributed by atoms with Crippen LogP contribution < -0.4 is 0 Å². The Morgan fingerprint density at radius 2 is 1.12 bits per heavy atom. The molecule has 2 atom stereocenters. The third kappa shape index (κ3) is 16.5. The van der Waals surface area contributed by atoms with Crippen LogP contribution in [-0.4, -0.2) is 0 Å². The summed E-state index contributed by atoms with van der Waals surface area (Å²) in [7, 11) is 9.73. The van der Waals surface area contributed by atoms with Crippen LogP contribution in [0.3, 0.4) is 0 Å². The Labute approximate surface area is 96.4 Å². The Balaban J connectivity index is -0.000000125. The number of hydrogen-bond donors (Lipinski definition) is 0. The Kier molecular flexibility index (Phi) is 38.3. The Bertz CT molecular complexity index is 28.0. The maximum absolute atomic E-state index is 2.81. The van der Waals surface area contributed by atoms with Crippen molar-refractivity contribution in [2.75, 3.05) is 0 Å². The van der Waals surface area contributed by atoms with Crippen LogP contribution in [0.5, 0.6) is 0 Å². The first-order valence-corrected chi connectivity index (χ1v) is 15.8. The molecular formula is H4Mo2Ni2P2S2. The molecule has 0 aliphatic rings. The predicted octanol–water partition coefficient (Wildman–Crippen LogP) is 1.94. The van der Waals surface area contributed by atoms with Gasteiger partial charge in [0.1, 0.15) is 0 Å². The molecule has 0 rings (SSSR count). The SMILES string of the molecule is [Ni].[Ni].[PH2][Mo][S][S][Mo][PH2]. The molecule has 0 fully saturated rings. The molecule has 0 radical (unpaired) electrons. The molecule has 0 nitrogen and oxygen atoms in total. The van der Waals surface area contributed by atoms with Crippen LogP contribution in [0.4, 0.5) is 0 Å². The third-order valence-electron chi connectivity index (χ3n) is 0.106. The predicted molar refractivity (Wildman–Crippen MR) is 34.6 cm³/mol. The molecule has 0 amide bonds. The van der Waals surface area contributed by atoms with Gasteiger partial charge in [0.25, 0.3) is 0 Å². The fourth-order valence-corrected chi connectivity index (χ4v) is 30.3. The number of rotatable bonds is 3. The third-order valence-corrected chi connectivity index (χ3v) is 21.3. The fourth-order valence-electron chi connectivity index (χ4n) is 0.0321. The second kappa shape index (κ2) is 17.1. The molecule has 8 heteroatoms. The van der Waals surface area contributed by atoms with Crippen LogP contribution in [0.25, 0.3) is 0 Å². The summed E-state index contributed by atoms with van der Waals surface area (Å²) < 4.78 is 0. The summed E-state index contributed by atoms with van der Waals surface area (Å²) in [6.07, 6.45) is 0. The minimum atomic E-state index is 0. The van der Waals surface area contributed by atoms with E-state index in [0.717, 1.165) is 0 Å². The maximum atomic E-state index is 2.81. The van der Waals surface area contributed by atoms with Crippen molar-refractivity contribution in [1.82, 2.24) is 0 Å². The van der Waals surface area contributed by atoms with E-state index in [2.05, 4.69) is 31.7 Å². The van der Waals surface area contributed by atoms with Crippen molar-refractivity contribution in [2.45, 2.75) is 0 Å². The average Bonchev–Trinajstić information content (AvgIpc) is 1.61. The van der Waals surface area contributed by atoms with Crippen molar-refractivity contribution in [1.29, 1.82) is 0 Å². The van der Waals surface area contributed by atoms with Crippen LogP contribution >= 0.6 is 31.7 Å². The molecule has 0 aliphatic carbocycles. The first-order valence-electron chi connectivity index (χ1n) is 0.971. The van der Waals surface area contributed by atoms with Crippen molar-refractivity contribution < 1.29 is 66.5 Å². The Morgan fingerprint density at radius 1 is 0.875 bits per heavy atom. The van der Waals surface area contributed by atoms with Crippen LogP contribution in [0.1, 0.15) is 0 Å². The summed E-state index contributed by atoms with van der Waals surface area (Å²) in [5, 5.41) is 0. The first-order chi connectivity index (χ1) is 2.91. The van der Waals surface area contributed by atoms with E-state index in [1.165, 1.54) is 0 Å². The molecule has 0 aliphatic heterocycles. The van der Waals surface area contributed by atoms with E-state index in [9.17, 15) is 0 Å². The zero-order chi connectivity index (χ0) is 4.83. The van der Waals surface area contributed by atoms with Gasteiger partial charge in [-0.3, -0.25) is 0 Å². The second-order valence-corrected chi connectivity index (χ2v) is 17.5. The molecule has 58 valence electrons. The molecule has 0 saturated carbocycles. The van der Waals surface area contributed by atoms with Crippen molar-refractivity contribution in [3.05, 3.63) is 0 Å². The van der Waals surface area contributed by atoms with Gasteiger partial charge in [0, 0.05) is 33.0 Å². The topological polar surface area (TPSA) is 0 Å². The molecule has 2 unspecified atom stereocenters. The van der Waals surface area contributed by atoms with Crippen molar-refractivity contribution in [3.8, 4) is 0 Å². The van der Waals surface area contributed by atoms with Gasteiger partial charge in [0.05, 0.1) is 0 Å². The summed E-state index contributed by atoms with van der Waals surface area (Å²) in [6, 6.07) is 0. The van der Waals surface area contributed by atoms with Gasteiger partial charge in [-0.05, 0) is 0 Å². The molecule has 8 heavy (non-hydrogen) atoms. The van der Waals surface area contributed by atoms with Gasteiger partial charge in [-0.25, -0.2) is 0 Å². The van der Waals surface area contributed by atoms with E-state index >= 15 is 0 Å². The molecule has 0 aromatic carbocycles. The fraction of sp³-hybridized carbons (Fsp3) is 0. The van der Waals surface area contributed by atoms with Gasteiger partial charge >= 0.3 is 65.2 Å². The van der Waals surface area contributed by atoms with Crippen LogP contribution in [0.2, 0.25) is 0 Å². The van der Waals surface area contributed by atoms with Gasteiger partial charge in [0.2, 0.25) is 0 Å². The van der Waals surface area contributed by atoms with Crippen LogP contribution in [0, 0.1) is 0 Å². The number of hydrogen-bond acceptors (Lipinski definition) is 2. The molecule has 0 spiro atoms. The molecule has 0 aromatic rings. The minimum absolute atomic E-state index is 0. The van der Waals surface area contributed by atoms with Gasteiger partial charge in [-0.2, -0.15) is 0 Å². The Morgan fingerprint density at radius 3 is 1.25 bits per heavy atom. The average molecular weight is 439 g/mol. The van der Waals surface area contributed by atoms with E-state index in [1.807, 2.05) is 0 Å².